The number of carbonyl (C=O) groups excluding carboxylic acids is 2. The molecule has 2 amide bonds. The summed E-state index contributed by atoms with van der Waals surface area (Å²) in [6.07, 6.45) is 12.0. The van der Waals surface area contributed by atoms with Gasteiger partial charge in [-0.1, -0.05) is 65.0 Å². The molecule has 0 radical (unpaired) electrons. The van der Waals surface area contributed by atoms with E-state index in [0.717, 1.165) is 18.9 Å². The average Bonchev–Trinajstić information content (AvgIpc) is 2.42. The molecule has 0 aromatic rings. The van der Waals surface area contributed by atoms with Crippen LogP contribution in [-0.2, 0) is 9.59 Å². The van der Waals surface area contributed by atoms with E-state index in [9.17, 15) is 9.59 Å². The Hall–Kier alpha value is -1.58. The van der Waals surface area contributed by atoms with E-state index in [2.05, 4.69) is 25.8 Å². The lowest BCUT2D eigenvalue weighted by molar-refractivity contribution is -0.115. The van der Waals surface area contributed by atoms with Crippen LogP contribution in [0.5, 0.6) is 0 Å². The maximum absolute atomic E-state index is 10.7. The van der Waals surface area contributed by atoms with Crippen LogP contribution in [0.1, 0.15) is 64.7 Å². The Morgan fingerprint density at radius 3 is 1.70 bits per heavy atom. The van der Waals surface area contributed by atoms with Crippen LogP contribution in [0.25, 0.3) is 0 Å². The van der Waals surface area contributed by atoms with Crippen molar-refractivity contribution >= 4 is 11.8 Å². The molecule has 0 aromatic carbocycles. The first-order valence-electron chi connectivity index (χ1n) is 7.35. The van der Waals surface area contributed by atoms with E-state index >= 15 is 0 Å². The predicted molar refractivity (Wildman–Crippen MR) is 85.0 cm³/mol. The van der Waals surface area contributed by atoms with Crippen LogP contribution in [-0.4, -0.2) is 11.8 Å². The van der Waals surface area contributed by atoms with Gasteiger partial charge in [-0.15, -0.1) is 0 Å². The molecule has 0 aliphatic carbocycles. The van der Waals surface area contributed by atoms with Crippen LogP contribution >= 0.6 is 0 Å². The van der Waals surface area contributed by atoms with Crippen LogP contribution in [0.2, 0.25) is 0 Å². The largest absolute Gasteiger partial charge is 0.366 e. The molecule has 4 nitrogen and oxygen atoms in total. The van der Waals surface area contributed by atoms with Gasteiger partial charge in [-0.25, -0.2) is 0 Å². The van der Waals surface area contributed by atoms with Gasteiger partial charge in [0, 0.05) is 5.57 Å². The van der Waals surface area contributed by atoms with Gasteiger partial charge in [0.1, 0.15) is 0 Å². The molecule has 20 heavy (non-hydrogen) atoms. The van der Waals surface area contributed by atoms with Gasteiger partial charge in [-0.2, -0.15) is 0 Å². The summed E-state index contributed by atoms with van der Waals surface area (Å²) in [5, 5.41) is 0. The second kappa shape index (κ2) is 15.5. The van der Waals surface area contributed by atoms with E-state index in [1.165, 1.54) is 44.9 Å². The molecule has 0 saturated carbocycles. The Morgan fingerprint density at radius 1 is 0.950 bits per heavy atom. The van der Waals surface area contributed by atoms with Gasteiger partial charge < -0.3 is 11.5 Å². The monoisotopic (exact) mass is 282 g/mol. The van der Waals surface area contributed by atoms with Crippen LogP contribution < -0.4 is 11.5 Å². The van der Waals surface area contributed by atoms with E-state index in [1.54, 1.807) is 0 Å². The quantitative estimate of drug-likeness (QED) is 0.450. The molecular weight excluding hydrogens is 252 g/mol. The second-order valence-corrected chi connectivity index (χ2v) is 4.80. The summed E-state index contributed by atoms with van der Waals surface area (Å²) < 4.78 is 0. The van der Waals surface area contributed by atoms with E-state index in [4.69, 9.17) is 5.73 Å². The number of amides is 2. The van der Waals surface area contributed by atoms with Crippen molar-refractivity contribution in [2.24, 2.45) is 11.5 Å². The molecule has 0 aliphatic rings. The van der Waals surface area contributed by atoms with Crippen molar-refractivity contribution in [2.45, 2.75) is 64.7 Å². The minimum absolute atomic E-state index is 0.349. The molecular formula is C16H30N2O2. The summed E-state index contributed by atoms with van der Waals surface area (Å²) >= 11 is 0. The first-order chi connectivity index (χ1) is 9.45. The molecule has 0 fully saturated rings. The third-order valence-electron chi connectivity index (χ3n) is 2.88. The number of hydrogen-bond donors (Lipinski definition) is 2. The molecule has 0 atom stereocenters. The number of carbonyl (C=O) groups is 2. The minimum atomic E-state index is -0.481. The lowest BCUT2D eigenvalue weighted by atomic mass is 10.0. The topological polar surface area (TPSA) is 86.2 Å². The van der Waals surface area contributed by atoms with Gasteiger partial charge in [0.25, 0.3) is 0 Å². The van der Waals surface area contributed by atoms with Gasteiger partial charge in [0.15, 0.2) is 0 Å². The Balaban J connectivity index is 0. The normalized spacial score (nSPS) is 9.25. The molecule has 116 valence electrons. The van der Waals surface area contributed by atoms with E-state index in [0.29, 0.717) is 5.57 Å². The highest BCUT2D eigenvalue weighted by Gasteiger charge is 2.00. The van der Waals surface area contributed by atoms with Crippen molar-refractivity contribution < 1.29 is 9.59 Å². The lowest BCUT2D eigenvalue weighted by Crippen LogP contribution is -2.12. The summed E-state index contributed by atoms with van der Waals surface area (Å²) in [5.41, 5.74) is 10.2. The van der Waals surface area contributed by atoms with E-state index in [1.807, 2.05) is 0 Å². The molecule has 0 heterocycles. The highest BCUT2D eigenvalue weighted by Crippen LogP contribution is 2.11. The molecule has 0 bridgehead atoms. The molecule has 0 saturated heterocycles. The van der Waals surface area contributed by atoms with Crippen molar-refractivity contribution in [2.75, 3.05) is 0 Å². The van der Waals surface area contributed by atoms with Crippen molar-refractivity contribution in [3.8, 4) is 0 Å². The standard InChI is InChI=1S/C13H25NO.C3H5NO/c1-3-4-5-6-7-8-9-10-11-12(2)13(14)15;1-2-3(4)5/h2-11H2,1H3,(H2,14,15);2H,1H2,(H2,4,5). The molecule has 0 spiro atoms. The smallest absolute Gasteiger partial charge is 0.244 e. The SMILES string of the molecule is C=C(CCCCCCCCCC)C(N)=O.C=CC(N)=O. The number of primary amides is 2. The zero-order valence-electron chi connectivity index (χ0n) is 12.8. The van der Waals surface area contributed by atoms with E-state index < -0.39 is 5.91 Å². The number of unbranched alkanes of at least 4 members (excludes halogenated alkanes) is 7. The maximum atomic E-state index is 10.7. The van der Waals surface area contributed by atoms with Gasteiger partial charge >= 0.3 is 0 Å². The Bertz CT molecular complexity index is 299. The van der Waals surface area contributed by atoms with Crippen LogP contribution in [0.3, 0.4) is 0 Å². The zero-order valence-corrected chi connectivity index (χ0v) is 12.8. The van der Waals surface area contributed by atoms with Crippen molar-refractivity contribution in [3.63, 3.8) is 0 Å². The first kappa shape index (κ1) is 20.7. The summed E-state index contributed by atoms with van der Waals surface area (Å²) in [5.74, 6) is -0.831. The summed E-state index contributed by atoms with van der Waals surface area (Å²) in [7, 11) is 0. The summed E-state index contributed by atoms with van der Waals surface area (Å²) in [6, 6.07) is 0. The highest BCUT2D eigenvalue weighted by molar-refractivity contribution is 5.91. The van der Waals surface area contributed by atoms with Crippen LogP contribution in [0.15, 0.2) is 24.8 Å². The third kappa shape index (κ3) is 18.8. The number of nitrogens with two attached hydrogens (primary N) is 2. The molecule has 0 rings (SSSR count). The summed E-state index contributed by atoms with van der Waals surface area (Å²) in [4.78, 5) is 20.1. The molecule has 0 aliphatic heterocycles. The molecule has 4 heteroatoms. The Morgan fingerprint density at radius 2 is 1.35 bits per heavy atom. The third-order valence-corrected chi connectivity index (χ3v) is 2.88. The van der Waals surface area contributed by atoms with E-state index in [-0.39, 0.29) is 5.91 Å². The number of hydrogen-bond acceptors (Lipinski definition) is 2. The highest BCUT2D eigenvalue weighted by atomic mass is 16.1. The fraction of sp³-hybridized carbons (Fsp3) is 0.625. The van der Waals surface area contributed by atoms with Crippen LogP contribution in [0, 0.1) is 0 Å². The first-order valence-corrected chi connectivity index (χ1v) is 7.35. The van der Waals surface area contributed by atoms with Gasteiger partial charge in [-0.05, 0) is 18.9 Å². The fourth-order valence-corrected chi connectivity index (χ4v) is 1.60. The van der Waals surface area contributed by atoms with Crippen LogP contribution in [0.4, 0.5) is 0 Å². The van der Waals surface area contributed by atoms with Crippen molar-refractivity contribution in [1.29, 1.82) is 0 Å². The fourth-order valence-electron chi connectivity index (χ4n) is 1.60. The molecule has 0 aromatic heterocycles. The zero-order chi connectivity index (χ0) is 15.8. The number of rotatable bonds is 11. The van der Waals surface area contributed by atoms with Crippen molar-refractivity contribution in [3.05, 3.63) is 24.8 Å². The lowest BCUT2D eigenvalue weighted by Gasteiger charge is -2.02. The minimum Gasteiger partial charge on any atom is -0.366 e. The predicted octanol–water partition coefficient (Wildman–Crippen LogP) is 3.22. The Kier molecular flexibility index (Phi) is 16.0. The van der Waals surface area contributed by atoms with Crippen molar-refractivity contribution in [1.82, 2.24) is 0 Å². The maximum Gasteiger partial charge on any atom is 0.244 e. The Labute approximate surface area is 123 Å². The molecule has 0 unspecified atom stereocenters. The van der Waals surface area contributed by atoms with Gasteiger partial charge in [0.2, 0.25) is 11.8 Å². The summed E-state index contributed by atoms with van der Waals surface area (Å²) in [6.45, 7) is 8.96. The van der Waals surface area contributed by atoms with Gasteiger partial charge in [0.05, 0.1) is 0 Å². The average molecular weight is 282 g/mol. The molecule has 4 N–H and O–H groups in total. The van der Waals surface area contributed by atoms with Gasteiger partial charge in [-0.3, -0.25) is 9.59 Å². The second-order valence-electron chi connectivity index (χ2n) is 4.80.